The average molecular weight is 395 g/mol. The van der Waals surface area contributed by atoms with Crippen molar-refractivity contribution in [2.45, 2.75) is 51.6 Å². The van der Waals surface area contributed by atoms with Crippen molar-refractivity contribution in [3.8, 4) is 0 Å². The van der Waals surface area contributed by atoms with E-state index in [4.69, 9.17) is 0 Å². The maximum absolute atomic E-state index is 14.0. The molecule has 154 valence electrons. The lowest BCUT2D eigenvalue weighted by atomic mass is 9.83. The molecule has 1 amide bonds. The summed E-state index contributed by atoms with van der Waals surface area (Å²) < 4.78 is 14.0. The molecule has 29 heavy (non-hydrogen) atoms. The van der Waals surface area contributed by atoms with E-state index in [0.717, 1.165) is 38.9 Å². The van der Waals surface area contributed by atoms with E-state index in [2.05, 4.69) is 36.1 Å². The monoisotopic (exact) mass is 394 g/mol. The van der Waals surface area contributed by atoms with Crippen molar-refractivity contribution < 1.29 is 9.18 Å². The number of carbonyl (C=O) groups excluding carboxylic acids is 1. The number of carbonyl (C=O) groups is 1. The maximum Gasteiger partial charge on any atom is 0.222 e. The number of aryl methyl sites for hydroxylation is 1. The van der Waals surface area contributed by atoms with Crippen molar-refractivity contribution in [3.05, 3.63) is 71.0 Å². The minimum Gasteiger partial charge on any atom is -0.339 e. The molecular formula is C25H31FN2O. The van der Waals surface area contributed by atoms with Gasteiger partial charge < -0.3 is 4.90 Å². The lowest BCUT2D eigenvalue weighted by molar-refractivity contribution is -0.141. The molecule has 2 aliphatic heterocycles. The standard InChI is InChI=1S/C25H31FN2O/c1-2-19-7-9-20(10-8-19)17-27-15-14-24-22(18-27)11-12-25(29)28(24)16-13-21-5-3-4-6-23(21)26/h3-10,22,24H,2,11-18H2,1H3/t22-,24+/m1/s1. The molecule has 0 aromatic heterocycles. The van der Waals surface area contributed by atoms with Gasteiger partial charge in [-0.3, -0.25) is 9.69 Å². The molecule has 0 saturated carbocycles. The quantitative estimate of drug-likeness (QED) is 0.723. The van der Waals surface area contributed by atoms with Gasteiger partial charge in [0.05, 0.1) is 0 Å². The lowest BCUT2D eigenvalue weighted by Gasteiger charge is -2.47. The van der Waals surface area contributed by atoms with Gasteiger partial charge in [0.15, 0.2) is 0 Å². The number of amides is 1. The summed E-state index contributed by atoms with van der Waals surface area (Å²) >= 11 is 0. The first kappa shape index (κ1) is 20.1. The molecule has 2 saturated heterocycles. The van der Waals surface area contributed by atoms with Crippen LogP contribution in [0.1, 0.15) is 42.9 Å². The number of hydrogen-bond donors (Lipinski definition) is 0. The van der Waals surface area contributed by atoms with Gasteiger partial charge in [-0.05, 0) is 54.4 Å². The fraction of sp³-hybridized carbons (Fsp3) is 0.480. The Morgan fingerprint density at radius 2 is 1.79 bits per heavy atom. The van der Waals surface area contributed by atoms with Gasteiger partial charge in [-0.1, -0.05) is 49.4 Å². The molecular weight excluding hydrogens is 363 g/mol. The second kappa shape index (κ2) is 9.08. The predicted octanol–water partition coefficient (Wildman–Crippen LogP) is 4.44. The van der Waals surface area contributed by atoms with Gasteiger partial charge in [-0.25, -0.2) is 4.39 Å². The Labute approximate surface area is 173 Å². The molecule has 0 bridgehead atoms. The Balaban J connectivity index is 1.36. The SMILES string of the molecule is CCc1ccc(CN2CC[C@H]3[C@H](CCC(=O)N3CCc3ccccc3F)C2)cc1. The van der Waals surface area contributed by atoms with Crippen LogP contribution in [0.2, 0.25) is 0 Å². The molecule has 0 unspecified atom stereocenters. The van der Waals surface area contributed by atoms with Gasteiger partial charge in [0.2, 0.25) is 5.91 Å². The minimum atomic E-state index is -0.169. The van der Waals surface area contributed by atoms with E-state index in [1.807, 2.05) is 17.0 Å². The smallest absolute Gasteiger partial charge is 0.222 e. The van der Waals surface area contributed by atoms with Gasteiger partial charge in [0.25, 0.3) is 0 Å². The van der Waals surface area contributed by atoms with Gasteiger partial charge >= 0.3 is 0 Å². The molecule has 4 rings (SSSR count). The van der Waals surface area contributed by atoms with Crippen molar-refractivity contribution in [3.63, 3.8) is 0 Å². The van der Waals surface area contributed by atoms with Crippen LogP contribution in [-0.4, -0.2) is 41.4 Å². The highest BCUT2D eigenvalue weighted by Gasteiger charge is 2.38. The van der Waals surface area contributed by atoms with E-state index in [9.17, 15) is 9.18 Å². The third-order valence-electron chi connectivity index (χ3n) is 6.64. The van der Waals surface area contributed by atoms with Crippen molar-refractivity contribution in [1.82, 2.24) is 9.80 Å². The molecule has 0 radical (unpaired) electrons. The molecule has 2 aliphatic rings. The summed E-state index contributed by atoms with van der Waals surface area (Å²) in [5.74, 6) is 0.598. The topological polar surface area (TPSA) is 23.6 Å². The van der Waals surface area contributed by atoms with Crippen molar-refractivity contribution in [2.75, 3.05) is 19.6 Å². The molecule has 2 heterocycles. The van der Waals surface area contributed by atoms with E-state index in [1.54, 1.807) is 6.07 Å². The van der Waals surface area contributed by atoms with Crippen molar-refractivity contribution in [2.24, 2.45) is 5.92 Å². The Morgan fingerprint density at radius 3 is 2.55 bits per heavy atom. The first-order valence-electron chi connectivity index (χ1n) is 11.0. The highest BCUT2D eigenvalue weighted by molar-refractivity contribution is 5.77. The van der Waals surface area contributed by atoms with Crippen molar-refractivity contribution in [1.29, 1.82) is 0 Å². The van der Waals surface area contributed by atoms with E-state index < -0.39 is 0 Å². The second-order valence-electron chi connectivity index (χ2n) is 8.49. The van der Waals surface area contributed by atoms with Crippen LogP contribution in [0.5, 0.6) is 0 Å². The predicted molar refractivity (Wildman–Crippen MR) is 114 cm³/mol. The molecule has 0 N–H and O–H groups in total. The number of halogens is 1. The third-order valence-corrected chi connectivity index (χ3v) is 6.64. The number of fused-ring (bicyclic) bond motifs is 1. The van der Waals surface area contributed by atoms with Crippen LogP contribution in [0.4, 0.5) is 4.39 Å². The molecule has 4 heteroatoms. The zero-order valence-corrected chi connectivity index (χ0v) is 17.3. The zero-order chi connectivity index (χ0) is 20.2. The molecule has 2 fully saturated rings. The summed E-state index contributed by atoms with van der Waals surface area (Å²) in [4.78, 5) is 17.2. The van der Waals surface area contributed by atoms with Gasteiger partial charge in [-0.2, -0.15) is 0 Å². The number of nitrogens with zero attached hydrogens (tertiary/aromatic N) is 2. The number of hydrogen-bond acceptors (Lipinski definition) is 2. The van der Waals surface area contributed by atoms with E-state index in [0.29, 0.717) is 36.9 Å². The van der Waals surface area contributed by atoms with Crippen LogP contribution in [0, 0.1) is 11.7 Å². The van der Waals surface area contributed by atoms with Crippen molar-refractivity contribution >= 4 is 5.91 Å². The van der Waals surface area contributed by atoms with Crippen LogP contribution >= 0.6 is 0 Å². The van der Waals surface area contributed by atoms with E-state index in [-0.39, 0.29) is 11.7 Å². The summed E-state index contributed by atoms with van der Waals surface area (Å²) in [6, 6.07) is 16.2. The van der Waals surface area contributed by atoms with E-state index >= 15 is 0 Å². The van der Waals surface area contributed by atoms with Crippen LogP contribution < -0.4 is 0 Å². The fourth-order valence-corrected chi connectivity index (χ4v) is 4.94. The average Bonchev–Trinajstić information content (AvgIpc) is 2.75. The number of likely N-dealkylation sites (tertiary alicyclic amines) is 2. The zero-order valence-electron chi connectivity index (χ0n) is 17.3. The summed E-state index contributed by atoms with van der Waals surface area (Å²) in [5.41, 5.74) is 3.45. The molecule has 3 nitrogen and oxygen atoms in total. The molecule has 0 spiro atoms. The molecule has 2 atom stereocenters. The summed E-state index contributed by atoms with van der Waals surface area (Å²) in [7, 11) is 0. The summed E-state index contributed by atoms with van der Waals surface area (Å²) in [6.07, 6.45) is 4.28. The van der Waals surface area contributed by atoms with Gasteiger partial charge in [0, 0.05) is 38.6 Å². The van der Waals surface area contributed by atoms with Crippen LogP contribution in [0.3, 0.4) is 0 Å². The number of benzene rings is 2. The summed E-state index contributed by atoms with van der Waals surface area (Å²) in [5, 5.41) is 0. The minimum absolute atomic E-state index is 0.169. The van der Waals surface area contributed by atoms with Crippen LogP contribution in [0.25, 0.3) is 0 Å². The largest absolute Gasteiger partial charge is 0.339 e. The molecule has 2 aromatic rings. The van der Waals surface area contributed by atoms with Gasteiger partial charge in [-0.15, -0.1) is 0 Å². The lowest BCUT2D eigenvalue weighted by Crippen LogP contribution is -2.56. The third kappa shape index (κ3) is 4.69. The Kier molecular flexibility index (Phi) is 6.29. The highest BCUT2D eigenvalue weighted by Crippen LogP contribution is 2.32. The second-order valence-corrected chi connectivity index (χ2v) is 8.49. The Morgan fingerprint density at radius 1 is 1.03 bits per heavy atom. The maximum atomic E-state index is 14.0. The Hall–Kier alpha value is -2.20. The van der Waals surface area contributed by atoms with Crippen LogP contribution in [-0.2, 0) is 24.2 Å². The Bertz CT molecular complexity index is 835. The normalized spacial score (nSPS) is 22.6. The number of piperidine rings is 2. The first-order valence-corrected chi connectivity index (χ1v) is 11.0. The van der Waals surface area contributed by atoms with Crippen LogP contribution in [0.15, 0.2) is 48.5 Å². The number of rotatable bonds is 6. The first-order chi connectivity index (χ1) is 14.1. The molecule has 0 aliphatic carbocycles. The fourth-order valence-electron chi connectivity index (χ4n) is 4.94. The van der Waals surface area contributed by atoms with Gasteiger partial charge in [0.1, 0.15) is 5.82 Å². The summed E-state index contributed by atoms with van der Waals surface area (Å²) in [6.45, 7) is 5.85. The molecule has 2 aromatic carbocycles. The van der Waals surface area contributed by atoms with E-state index in [1.165, 1.54) is 17.2 Å². The highest BCUT2D eigenvalue weighted by atomic mass is 19.1.